The van der Waals surface area contributed by atoms with Crippen molar-refractivity contribution in [3.8, 4) is 5.75 Å². The Labute approximate surface area is 237 Å². The molecule has 0 saturated carbocycles. The highest BCUT2D eigenvalue weighted by atomic mass is 16.5. The molecule has 6 atom stereocenters. The molecule has 2 bridgehead atoms. The van der Waals surface area contributed by atoms with Gasteiger partial charge in [0.1, 0.15) is 17.4 Å². The number of ether oxygens (including phenoxy) is 2. The molecule has 9 nitrogen and oxygen atoms in total. The van der Waals surface area contributed by atoms with Gasteiger partial charge < -0.3 is 29.3 Å². The quantitative estimate of drug-likeness (QED) is 0.399. The molecule has 3 fully saturated rings. The molecule has 218 valence electrons. The first-order valence-corrected chi connectivity index (χ1v) is 14.2. The summed E-state index contributed by atoms with van der Waals surface area (Å²) < 4.78 is 12.3. The fourth-order valence-corrected chi connectivity index (χ4v) is 6.94. The first-order chi connectivity index (χ1) is 19.0. The van der Waals surface area contributed by atoms with Crippen molar-refractivity contribution in [3.63, 3.8) is 0 Å². The van der Waals surface area contributed by atoms with Gasteiger partial charge in [0.15, 0.2) is 0 Å². The highest BCUT2D eigenvalue weighted by Crippen LogP contribution is 2.64. The number of hydrogen-bond acceptors (Lipinski definition) is 6. The van der Waals surface area contributed by atoms with Crippen LogP contribution in [0.5, 0.6) is 5.75 Å². The number of aliphatic hydroxyl groups excluding tert-OH is 1. The van der Waals surface area contributed by atoms with Crippen LogP contribution in [-0.4, -0.2) is 88.3 Å². The van der Waals surface area contributed by atoms with Crippen LogP contribution in [0, 0.1) is 11.8 Å². The summed E-state index contributed by atoms with van der Waals surface area (Å²) in [5, 5.41) is 10.1. The summed E-state index contributed by atoms with van der Waals surface area (Å²) in [4.78, 5) is 47.7. The van der Waals surface area contributed by atoms with Crippen molar-refractivity contribution in [1.82, 2.24) is 9.80 Å². The van der Waals surface area contributed by atoms with Gasteiger partial charge in [-0.1, -0.05) is 12.2 Å². The van der Waals surface area contributed by atoms with Crippen LogP contribution in [-0.2, 0) is 19.1 Å². The van der Waals surface area contributed by atoms with E-state index in [0.29, 0.717) is 37.4 Å². The van der Waals surface area contributed by atoms with E-state index in [-0.39, 0.29) is 36.9 Å². The average molecular weight is 554 g/mol. The van der Waals surface area contributed by atoms with Crippen molar-refractivity contribution in [3.05, 3.63) is 49.6 Å². The summed E-state index contributed by atoms with van der Waals surface area (Å²) in [6, 6.07) is 5.53. The molecule has 3 heterocycles. The summed E-state index contributed by atoms with van der Waals surface area (Å²) in [5.41, 5.74) is -1.43. The lowest BCUT2D eigenvalue weighted by atomic mass is 9.66. The predicted octanol–water partition coefficient (Wildman–Crippen LogP) is 3.17. The maximum atomic E-state index is 14.4. The van der Waals surface area contributed by atoms with Gasteiger partial charge in [-0.3, -0.25) is 14.4 Å². The Morgan fingerprint density at radius 3 is 2.35 bits per heavy atom. The zero-order valence-electron chi connectivity index (χ0n) is 24.3. The zero-order valence-corrected chi connectivity index (χ0v) is 24.3. The number of nitrogens with zero attached hydrogens (tertiary/aromatic N) is 3. The lowest BCUT2D eigenvalue weighted by Crippen LogP contribution is -2.59. The lowest BCUT2D eigenvalue weighted by molar-refractivity contribution is -0.155. The molecule has 1 aromatic rings. The van der Waals surface area contributed by atoms with Crippen molar-refractivity contribution in [2.24, 2.45) is 11.8 Å². The Hall–Kier alpha value is -3.17. The summed E-state index contributed by atoms with van der Waals surface area (Å²) in [7, 11) is 0. The Bertz CT molecular complexity index is 1150. The van der Waals surface area contributed by atoms with E-state index < -0.39 is 35.1 Å². The van der Waals surface area contributed by atoms with E-state index in [2.05, 4.69) is 13.2 Å². The number of carbonyl (C=O) groups excluding carboxylic acids is 3. The minimum atomic E-state index is -1.17. The molecule has 0 aromatic heterocycles. The molecule has 2 unspecified atom stereocenters. The van der Waals surface area contributed by atoms with Gasteiger partial charge in [-0.05, 0) is 71.7 Å². The Morgan fingerprint density at radius 2 is 1.80 bits per heavy atom. The number of aliphatic hydroxyl groups is 1. The topological polar surface area (TPSA) is 99.6 Å². The maximum absolute atomic E-state index is 14.4. The zero-order chi connectivity index (χ0) is 29.4. The van der Waals surface area contributed by atoms with E-state index in [1.807, 2.05) is 52.0 Å². The van der Waals surface area contributed by atoms with Crippen molar-refractivity contribution >= 4 is 23.4 Å². The first kappa shape index (κ1) is 29.8. The van der Waals surface area contributed by atoms with Crippen LogP contribution >= 0.6 is 0 Å². The van der Waals surface area contributed by atoms with E-state index in [0.717, 1.165) is 0 Å². The van der Waals surface area contributed by atoms with E-state index in [1.165, 1.54) is 4.90 Å². The van der Waals surface area contributed by atoms with Crippen LogP contribution in [0.25, 0.3) is 0 Å². The highest BCUT2D eigenvalue weighted by Gasteiger charge is 2.78. The molecule has 3 aliphatic rings. The smallest absolute Gasteiger partial charge is 0.248 e. The fraction of sp³-hybridized carbons (Fsp3) is 0.581. The Kier molecular flexibility index (Phi) is 8.47. The first-order valence-electron chi connectivity index (χ1n) is 14.2. The SMILES string of the molecule is C=CCN(C(=O)[C@@H]1[C@H]2C(=O)N([C@H](C)CO)C(C(=O)N(CC=C)C(C)C)C23CC[C@@]1(C)O3)c1ccc(OCC)cc1. The molecule has 3 saturated heterocycles. The molecule has 3 amide bonds. The third-order valence-electron chi connectivity index (χ3n) is 8.72. The Balaban J connectivity index is 1.78. The third-order valence-corrected chi connectivity index (χ3v) is 8.72. The number of amides is 3. The predicted molar refractivity (Wildman–Crippen MR) is 153 cm³/mol. The van der Waals surface area contributed by atoms with Crippen LogP contribution in [0.3, 0.4) is 0 Å². The number of hydrogen-bond donors (Lipinski definition) is 1. The summed E-state index contributed by atoms with van der Waals surface area (Å²) in [6.45, 7) is 17.8. The van der Waals surface area contributed by atoms with Gasteiger partial charge in [0.25, 0.3) is 0 Å². The van der Waals surface area contributed by atoms with Crippen molar-refractivity contribution in [1.29, 1.82) is 0 Å². The molecular weight excluding hydrogens is 510 g/mol. The normalized spacial score (nSPS) is 29.3. The number of rotatable bonds is 12. The van der Waals surface area contributed by atoms with Gasteiger partial charge >= 0.3 is 0 Å². The van der Waals surface area contributed by atoms with Crippen LogP contribution in [0.1, 0.15) is 47.5 Å². The van der Waals surface area contributed by atoms with E-state index in [4.69, 9.17) is 9.47 Å². The third kappa shape index (κ3) is 4.63. The summed E-state index contributed by atoms with van der Waals surface area (Å²) in [5.74, 6) is -1.79. The van der Waals surface area contributed by atoms with Crippen LogP contribution in [0.2, 0.25) is 0 Å². The fourth-order valence-electron chi connectivity index (χ4n) is 6.94. The number of likely N-dealkylation sites (tertiary alicyclic amines) is 1. The lowest BCUT2D eigenvalue weighted by Gasteiger charge is -2.39. The summed E-state index contributed by atoms with van der Waals surface area (Å²) >= 11 is 0. The average Bonchev–Trinajstić information content (AvgIpc) is 3.50. The summed E-state index contributed by atoms with van der Waals surface area (Å²) in [6.07, 6.45) is 4.32. The molecule has 1 spiro atoms. The minimum Gasteiger partial charge on any atom is -0.494 e. The Morgan fingerprint density at radius 1 is 1.15 bits per heavy atom. The number of carbonyl (C=O) groups is 3. The molecule has 9 heteroatoms. The van der Waals surface area contributed by atoms with Gasteiger partial charge in [0.05, 0.1) is 36.7 Å². The molecule has 1 N–H and O–H groups in total. The standard InChI is InChI=1S/C31H43N3O6/c1-8-17-32(20(4)5)29(38)26-31-16-15-30(7,40-31)24(25(31)28(37)34(26)21(6)19-35)27(36)33(18-9-2)22-11-13-23(14-12-22)39-10-3/h8-9,11-14,20-21,24-26,35H,1-2,10,15-19H2,3-7H3/t21-,24+,25+,26?,30-,31?/m1/s1. The molecule has 3 aliphatic heterocycles. The monoisotopic (exact) mass is 553 g/mol. The second-order valence-electron chi connectivity index (χ2n) is 11.5. The van der Waals surface area contributed by atoms with Gasteiger partial charge in [-0.25, -0.2) is 0 Å². The van der Waals surface area contributed by atoms with Crippen molar-refractivity contribution < 1.29 is 29.0 Å². The molecule has 40 heavy (non-hydrogen) atoms. The maximum Gasteiger partial charge on any atom is 0.248 e. The van der Waals surface area contributed by atoms with Gasteiger partial charge in [0.2, 0.25) is 17.7 Å². The molecule has 0 aliphatic carbocycles. The van der Waals surface area contributed by atoms with E-state index >= 15 is 0 Å². The number of benzene rings is 1. The van der Waals surface area contributed by atoms with Crippen LogP contribution < -0.4 is 9.64 Å². The molecule has 4 rings (SSSR count). The van der Waals surface area contributed by atoms with Crippen molar-refractivity contribution in [2.75, 3.05) is 31.2 Å². The van der Waals surface area contributed by atoms with Crippen molar-refractivity contribution in [2.45, 2.75) is 76.8 Å². The molecule has 1 aromatic carbocycles. The second kappa shape index (κ2) is 11.4. The largest absolute Gasteiger partial charge is 0.494 e. The van der Waals surface area contributed by atoms with Gasteiger partial charge in [0, 0.05) is 24.8 Å². The van der Waals surface area contributed by atoms with Crippen LogP contribution in [0.4, 0.5) is 5.69 Å². The molecular formula is C31H43N3O6. The van der Waals surface area contributed by atoms with E-state index in [1.54, 1.807) is 28.9 Å². The minimum absolute atomic E-state index is 0.142. The number of fused-ring (bicyclic) bond motifs is 1. The van der Waals surface area contributed by atoms with Gasteiger partial charge in [-0.15, -0.1) is 13.2 Å². The second-order valence-corrected chi connectivity index (χ2v) is 11.5. The highest BCUT2D eigenvalue weighted by molar-refractivity contribution is 6.03. The number of anilines is 1. The molecule has 0 radical (unpaired) electrons. The van der Waals surface area contributed by atoms with Crippen LogP contribution in [0.15, 0.2) is 49.6 Å². The van der Waals surface area contributed by atoms with Gasteiger partial charge in [-0.2, -0.15) is 0 Å². The van der Waals surface area contributed by atoms with E-state index in [9.17, 15) is 19.5 Å².